The van der Waals surface area contributed by atoms with Gasteiger partial charge in [-0.25, -0.2) is 4.98 Å². The summed E-state index contributed by atoms with van der Waals surface area (Å²) < 4.78 is 24.0. The van der Waals surface area contributed by atoms with Crippen molar-refractivity contribution in [1.82, 2.24) is 14.9 Å². The van der Waals surface area contributed by atoms with Gasteiger partial charge in [0, 0.05) is 5.56 Å². The number of rotatable bonds is 10. The molecule has 0 saturated carbocycles. The first-order valence-corrected chi connectivity index (χ1v) is 10.8. The first kappa shape index (κ1) is 23.0. The van der Waals surface area contributed by atoms with Gasteiger partial charge in [0.25, 0.3) is 5.91 Å². The zero-order valence-corrected chi connectivity index (χ0v) is 19.4. The van der Waals surface area contributed by atoms with Crippen LogP contribution in [-0.2, 0) is 13.1 Å². The van der Waals surface area contributed by atoms with Crippen molar-refractivity contribution < 1.29 is 23.7 Å². The summed E-state index contributed by atoms with van der Waals surface area (Å²) in [5.74, 6) is 2.53. The summed E-state index contributed by atoms with van der Waals surface area (Å²) in [7, 11) is 4.55. The molecule has 1 aromatic heterocycles. The highest BCUT2D eigenvalue weighted by Gasteiger charge is 2.18. The molecule has 0 radical (unpaired) electrons. The molecule has 1 amide bonds. The summed E-state index contributed by atoms with van der Waals surface area (Å²) in [6, 6.07) is 20.8. The number of nitrogens with one attached hydrogen (secondary N) is 1. The van der Waals surface area contributed by atoms with Crippen molar-refractivity contribution in [3.05, 3.63) is 78.1 Å². The van der Waals surface area contributed by atoms with Crippen LogP contribution >= 0.6 is 0 Å². The molecule has 0 aliphatic heterocycles. The Balaban J connectivity index is 1.52. The molecule has 0 saturated heterocycles. The summed E-state index contributed by atoms with van der Waals surface area (Å²) in [4.78, 5) is 17.7. The second kappa shape index (κ2) is 10.6. The number of ether oxygens (including phenoxy) is 4. The van der Waals surface area contributed by atoms with Gasteiger partial charge in [0.15, 0.2) is 11.5 Å². The Kier molecular flexibility index (Phi) is 7.17. The molecule has 0 spiro atoms. The summed E-state index contributed by atoms with van der Waals surface area (Å²) in [5.41, 5.74) is 2.24. The second-order valence-corrected chi connectivity index (χ2v) is 7.43. The minimum atomic E-state index is -0.279. The molecule has 8 heteroatoms. The fourth-order valence-electron chi connectivity index (χ4n) is 3.75. The Labute approximate surface area is 198 Å². The molecular formula is C26H27N3O5. The maximum Gasteiger partial charge on any atom is 0.251 e. The van der Waals surface area contributed by atoms with Crippen LogP contribution in [0.2, 0.25) is 0 Å². The largest absolute Gasteiger partial charge is 0.493 e. The molecule has 8 nitrogen and oxygen atoms in total. The minimum absolute atomic E-state index is 0.246. The lowest BCUT2D eigenvalue weighted by molar-refractivity contribution is 0.0948. The molecule has 0 fully saturated rings. The number of imidazole rings is 1. The normalized spacial score (nSPS) is 10.7. The Bertz CT molecular complexity index is 1250. The third kappa shape index (κ3) is 4.91. The first-order valence-electron chi connectivity index (χ1n) is 10.8. The Morgan fingerprint density at radius 2 is 1.59 bits per heavy atom. The number of hydrogen-bond donors (Lipinski definition) is 1. The molecule has 3 aromatic carbocycles. The van der Waals surface area contributed by atoms with Crippen molar-refractivity contribution in [1.29, 1.82) is 0 Å². The van der Waals surface area contributed by atoms with Crippen molar-refractivity contribution in [3.8, 4) is 23.0 Å². The number of carbonyl (C=O) groups excluding carboxylic acids is 1. The van der Waals surface area contributed by atoms with Gasteiger partial charge in [-0.15, -0.1) is 0 Å². The number of nitrogens with zero attached hydrogens (tertiary/aromatic N) is 2. The van der Waals surface area contributed by atoms with Gasteiger partial charge in [0.1, 0.15) is 18.2 Å². The maximum atomic E-state index is 13.0. The van der Waals surface area contributed by atoms with E-state index in [0.717, 1.165) is 22.6 Å². The lowest BCUT2D eigenvalue weighted by Crippen LogP contribution is -2.25. The standard InChI is InChI=1S/C26H27N3O5/c1-31-22-15-18(16-23(32-2)25(22)33-3)26(30)27-17-24-28-20-11-7-8-12-21(20)29(24)13-14-34-19-9-5-4-6-10-19/h4-12,15-16H,13-14,17H2,1-3H3,(H,27,30). The van der Waals surface area contributed by atoms with E-state index >= 15 is 0 Å². The number of carbonyl (C=O) groups is 1. The lowest BCUT2D eigenvalue weighted by Gasteiger charge is -2.14. The fraction of sp³-hybridized carbons (Fsp3) is 0.231. The van der Waals surface area contributed by atoms with Crippen LogP contribution < -0.4 is 24.3 Å². The van der Waals surface area contributed by atoms with Crippen LogP contribution in [0.3, 0.4) is 0 Å². The SMILES string of the molecule is COc1cc(C(=O)NCc2nc3ccccc3n2CCOc2ccccc2)cc(OC)c1OC. The van der Waals surface area contributed by atoms with E-state index in [-0.39, 0.29) is 12.5 Å². The van der Waals surface area contributed by atoms with Crippen LogP contribution in [0.15, 0.2) is 66.7 Å². The van der Waals surface area contributed by atoms with E-state index in [1.165, 1.54) is 21.3 Å². The van der Waals surface area contributed by atoms with Crippen molar-refractivity contribution in [3.63, 3.8) is 0 Å². The Morgan fingerprint density at radius 1 is 0.912 bits per heavy atom. The van der Waals surface area contributed by atoms with Crippen LogP contribution in [0, 0.1) is 0 Å². The topological polar surface area (TPSA) is 83.8 Å². The van der Waals surface area contributed by atoms with E-state index in [1.807, 2.05) is 54.6 Å². The molecule has 34 heavy (non-hydrogen) atoms. The zero-order valence-electron chi connectivity index (χ0n) is 19.4. The predicted molar refractivity (Wildman–Crippen MR) is 129 cm³/mol. The summed E-state index contributed by atoms with van der Waals surface area (Å²) >= 11 is 0. The van der Waals surface area contributed by atoms with E-state index in [9.17, 15) is 4.79 Å². The van der Waals surface area contributed by atoms with E-state index < -0.39 is 0 Å². The highest BCUT2D eigenvalue weighted by atomic mass is 16.5. The maximum absolute atomic E-state index is 13.0. The van der Waals surface area contributed by atoms with Gasteiger partial charge in [-0.1, -0.05) is 30.3 Å². The highest BCUT2D eigenvalue weighted by Crippen LogP contribution is 2.38. The number of aromatic nitrogens is 2. The Morgan fingerprint density at radius 3 is 2.26 bits per heavy atom. The average Bonchev–Trinajstić information content (AvgIpc) is 3.24. The monoisotopic (exact) mass is 461 g/mol. The average molecular weight is 462 g/mol. The van der Waals surface area contributed by atoms with Gasteiger partial charge < -0.3 is 28.8 Å². The summed E-state index contributed by atoms with van der Waals surface area (Å²) in [6.45, 7) is 1.30. The van der Waals surface area contributed by atoms with Gasteiger partial charge in [-0.05, 0) is 36.4 Å². The fourth-order valence-corrected chi connectivity index (χ4v) is 3.75. The highest BCUT2D eigenvalue weighted by molar-refractivity contribution is 5.95. The van der Waals surface area contributed by atoms with E-state index in [1.54, 1.807) is 12.1 Å². The third-order valence-corrected chi connectivity index (χ3v) is 5.39. The molecule has 0 unspecified atom stereocenters. The van der Waals surface area contributed by atoms with Gasteiger partial charge in [-0.3, -0.25) is 4.79 Å². The first-order chi connectivity index (χ1) is 16.6. The van der Waals surface area contributed by atoms with Gasteiger partial charge in [0.05, 0.1) is 45.5 Å². The zero-order chi connectivity index (χ0) is 23.9. The van der Waals surface area contributed by atoms with E-state index in [2.05, 4.69) is 9.88 Å². The molecule has 0 bridgehead atoms. The molecule has 0 aliphatic rings. The molecule has 4 rings (SSSR count). The molecule has 0 aliphatic carbocycles. The van der Waals surface area contributed by atoms with Gasteiger partial charge in [-0.2, -0.15) is 0 Å². The number of amides is 1. The third-order valence-electron chi connectivity index (χ3n) is 5.39. The number of para-hydroxylation sites is 3. The number of hydrogen-bond acceptors (Lipinski definition) is 6. The minimum Gasteiger partial charge on any atom is -0.493 e. The van der Waals surface area contributed by atoms with E-state index in [4.69, 9.17) is 23.9 Å². The second-order valence-electron chi connectivity index (χ2n) is 7.43. The van der Waals surface area contributed by atoms with Crippen molar-refractivity contribution >= 4 is 16.9 Å². The number of benzene rings is 3. The summed E-state index contributed by atoms with van der Waals surface area (Å²) in [5, 5.41) is 2.95. The van der Waals surface area contributed by atoms with Crippen LogP contribution in [0.4, 0.5) is 0 Å². The van der Waals surface area contributed by atoms with Crippen LogP contribution in [0.25, 0.3) is 11.0 Å². The molecule has 0 atom stereocenters. The van der Waals surface area contributed by atoms with Crippen molar-refractivity contribution in [2.75, 3.05) is 27.9 Å². The molecule has 176 valence electrons. The number of methoxy groups -OCH3 is 3. The smallest absolute Gasteiger partial charge is 0.251 e. The number of fused-ring (bicyclic) bond motifs is 1. The van der Waals surface area contributed by atoms with Gasteiger partial charge in [0.2, 0.25) is 5.75 Å². The molecule has 4 aromatic rings. The predicted octanol–water partition coefficient (Wildman–Crippen LogP) is 4.07. The Hall–Kier alpha value is -4.20. The lowest BCUT2D eigenvalue weighted by atomic mass is 10.1. The van der Waals surface area contributed by atoms with Crippen LogP contribution in [0.1, 0.15) is 16.2 Å². The summed E-state index contributed by atoms with van der Waals surface area (Å²) in [6.07, 6.45) is 0. The van der Waals surface area contributed by atoms with Crippen molar-refractivity contribution in [2.24, 2.45) is 0 Å². The quantitative estimate of drug-likeness (QED) is 0.383. The van der Waals surface area contributed by atoms with Gasteiger partial charge >= 0.3 is 0 Å². The molecule has 1 heterocycles. The van der Waals surface area contributed by atoms with Crippen LogP contribution in [-0.4, -0.2) is 43.4 Å². The molecular weight excluding hydrogens is 434 g/mol. The van der Waals surface area contributed by atoms with Crippen LogP contribution in [0.5, 0.6) is 23.0 Å². The van der Waals surface area contributed by atoms with E-state index in [0.29, 0.717) is 36.0 Å². The van der Waals surface area contributed by atoms with Crippen molar-refractivity contribution in [2.45, 2.75) is 13.1 Å². The molecule has 1 N–H and O–H groups in total.